The quantitative estimate of drug-likeness (QED) is 0.664. The summed E-state index contributed by atoms with van der Waals surface area (Å²) in [7, 11) is 0. The van der Waals surface area contributed by atoms with Crippen molar-refractivity contribution in [3.8, 4) is 0 Å². The highest BCUT2D eigenvalue weighted by Gasteiger charge is 2.16. The predicted octanol–water partition coefficient (Wildman–Crippen LogP) is 4.26. The van der Waals surface area contributed by atoms with Crippen molar-refractivity contribution in [3.63, 3.8) is 0 Å². The van der Waals surface area contributed by atoms with Crippen molar-refractivity contribution < 1.29 is 4.79 Å². The number of hydrogen-bond donors (Lipinski definition) is 1. The van der Waals surface area contributed by atoms with Crippen molar-refractivity contribution in [2.75, 3.05) is 0 Å². The Morgan fingerprint density at radius 3 is 2.73 bits per heavy atom. The third-order valence-corrected chi connectivity index (χ3v) is 4.42. The van der Waals surface area contributed by atoms with E-state index in [1.54, 1.807) is 6.21 Å². The van der Waals surface area contributed by atoms with E-state index in [1.807, 2.05) is 24.3 Å². The molecule has 0 aromatic heterocycles. The molecule has 3 rings (SSSR count). The summed E-state index contributed by atoms with van der Waals surface area (Å²) in [4.78, 5) is 11.9. The fourth-order valence-electron chi connectivity index (χ4n) is 3.24. The molecule has 0 radical (unpaired) electrons. The van der Waals surface area contributed by atoms with Crippen LogP contribution in [0.1, 0.15) is 44.1 Å². The molecule has 2 aromatic carbocycles. The van der Waals surface area contributed by atoms with Crippen molar-refractivity contribution >= 4 is 22.9 Å². The lowest BCUT2D eigenvalue weighted by Crippen LogP contribution is -2.22. The Balaban J connectivity index is 1.60. The molecule has 3 heteroatoms. The first-order valence-electron chi connectivity index (χ1n) is 8.12. The number of hydrogen-bond acceptors (Lipinski definition) is 2. The number of rotatable bonds is 4. The van der Waals surface area contributed by atoms with Gasteiger partial charge in [0.15, 0.2) is 0 Å². The minimum Gasteiger partial charge on any atom is -0.273 e. The highest BCUT2D eigenvalue weighted by Crippen LogP contribution is 2.26. The SMILES string of the molecule is O=C(CC1CCCCC1)N/N=C\c1cccc2ccccc12. The van der Waals surface area contributed by atoms with Crippen LogP contribution in [0.4, 0.5) is 0 Å². The Bertz CT molecular complexity index is 667. The molecule has 114 valence electrons. The summed E-state index contributed by atoms with van der Waals surface area (Å²) in [5.74, 6) is 0.574. The van der Waals surface area contributed by atoms with Gasteiger partial charge in [-0.05, 0) is 29.5 Å². The van der Waals surface area contributed by atoms with Crippen LogP contribution in [0.5, 0.6) is 0 Å². The number of carbonyl (C=O) groups excluding carboxylic acids is 1. The van der Waals surface area contributed by atoms with Gasteiger partial charge in [0.1, 0.15) is 0 Å². The van der Waals surface area contributed by atoms with E-state index in [1.165, 1.54) is 37.5 Å². The predicted molar refractivity (Wildman–Crippen MR) is 90.9 cm³/mol. The Morgan fingerprint density at radius 2 is 1.86 bits per heavy atom. The minimum absolute atomic E-state index is 0.0309. The van der Waals surface area contributed by atoms with Crippen LogP contribution >= 0.6 is 0 Å². The molecule has 0 unspecified atom stereocenters. The largest absolute Gasteiger partial charge is 0.273 e. The second-order valence-electron chi connectivity index (χ2n) is 6.07. The van der Waals surface area contributed by atoms with Gasteiger partial charge in [-0.1, -0.05) is 61.7 Å². The molecule has 0 spiro atoms. The van der Waals surface area contributed by atoms with Crippen LogP contribution in [0.2, 0.25) is 0 Å². The number of carbonyl (C=O) groups is 1. The van der Waals surface area contributed by atoms with Gasteiger partial charge in [0.25, 0.3) is 0 Å². The first-order valence-corrected chi connectivity index (χ1v) is 8.12. The van der Waals surface area contributed by atoms with Gasteiger partial charge in [-0.3, -0.25) is 4.79 Å². The van der Waals surface area contributed by atoms with Gasteiger partial charge in [0.2, 0.25) is 5.91 Å². The average Bonchev–Trinajstić information content (AvgIpc) is 2.56. The molecule has 22 heavy (non-hydrogen) atoms. The Kier molecular flexibility index (Phi) is 4.84. The molecule has 0 bridgehead atoms. The topological polar surface area (TPSA) is 41.5 Å². The lowest BCUT2D eigenvalue weighted by molar-refractivity contribution is -0.122. The van der Waals surface area contributed by atoms with Crippen LogP contribution in [-0.4, -0.2) is 12.1 Å². The number of hydrazone groups is 1. The zero-order valence-electron chi connectivity index (χ0n) is 12.8. The molecule has 0 aliphatic heterocycles. The van der Waals surface area contributed by atoms with E-state index in [0.29, 0.717) is 12.3 Å². The van der Waals surface area contributed by atoms with Crippen molar-refractivity contribution in [1.82, 2.24) is 5.43 Å². The summed E-state index contributed by atoms with van der Waals surface area (Å²) < 4.78 is 0. The maximum Gasteiger partial charge on any atom is 0.240 e. The Hall–Kier alpha value is -2.16. The lowest BCUT2D eigenvalue weighted by Gasteiger charge is -2.20. The molecule has 0 saturated heterocycles. The number of nitrogens with zero attached hydrogens (tertiary/aromatic N) is 1. The van der Waals surface area contributed by atoms with Crippen LogP contribution in [0.3, 0.4) is 0 Å². The van der Waals surface area contributed by atoms with E-state index >= 15 is 0 Å². The van der Waals surface area contributed by atoms with Crippen molar-refractivity contribution in [1.29, 1.82) is 0 Å². The molecular weight excluding hydrogens is 272 g/mol. The van der Waals surface area contributed by atoms with E-state index in [0.717, 1.165) is 10.9 Å². The molecule has 0 heterocycles. The van der Waals surface area contributed by atoms with Gasteiger partial charge >= 0.3 is 0 Å². The number of amides is 1. The number of nitrogens with one attached hydrogen (secondary N) is 1. The first kappa shape index (κ1) is 14.8. The summed E-state index contributed by atoms with van der Waals surface area (Å²) in [6, 6.07) is 14.3. The van der Waals surface area contributed by atoms with Gasteiger partial charge in [0, 0.05) is 12.0 Å². The smallest absolute Gasteiger partial charge is 0.240 e. The van der Waals surface area contributed by atoms with Crippen LogP contribution in [-0.2, 0) is 4.79 Å². The monoisotopic (exact) mass is 294 g/mol. The van der Waals surface area contributed by atoms with Gasteiger partial charge < -0.3 is 0 Å². The average molecular weight is 294 g/mol. The molecule has 1 fully saturated rings. The van der Waals surface area contributed by atoms with E-state index in [-0.39, 0.29) is 5.91 Å². The van der Waals surface area contributed by atoms with Gasteiger partial charge in [-0.25, -0.2) is 5.43 Å². The molecule has 1 aliphatic carbocycles. The number of fused-ring (bicyclic) bond motifs is 1. The molecule has 0 atom stereocenters. The Labute approximate surface area is 131 Å². The molecular formula is C19H22N2O. The fraction of sp³-hybridized carbons (Fsp3) is 0.368. The summed E-state index contributed by atoms with van der Waals surface area (Å²) >= 11 is 0. The second-order valence-corrected chi connectivity index (χ2v) is 6.07. The molecule has 1 N–H and O–H groups in total. The molecule has 3 nitrogen and oxygen atoms in total. The number of benzene rings is 2. The van der Waals surface area contributed by atoms with Crippen LogP contribution in [0.15, 0.2) is 47.6 Å². The summed E-state index contributed by atoms with van der Waals surface area (Å²) in [6.07, 6.45) is 8.54. The molecule has 1 saturated carbocycles. The molecule has 1 aliphatic rings. The normalized spacial score (nSPS) is 16.2. The zero-order chi connectivity index (χ0) is 15.2. The van der Waals surface area contributed by atoms with Gasteiger partial charge in [-0.2, -0.15) is 5.10 Å². The van der Waals surface area contributed by atoms with Crippen molar-refractivity contribution in [2.45, 2.75) is 38.5 Å². The van der Waals surface area contributed by atoms with Gasteiger partial charge in [0.05, 0.1) is 6.21 Å². The molecule has 1 amide bonds. The van der Waals surface area contributed by atoms with Crippen molar-refractivity contribution in [2.24, 2.45) is 11.0 Å². The van der Waals surface area contributed by atoms with E-state index in [4.69, 9.17) is 0 Å². The third-order valence-electron chi connectivity index (χ3n) is 4.42. The zero-order valence-corrected chi connectivity index (χ0v) is 12.8. The van der Waals surface area contributed by atoms with Crippen LogP contribution < -0.4 is 5.43 Å². The first-order chi connectivity index (χ1) is 10.8. The fourth-order valence-corrected chi connectivity index (χ4v) is 3.24. The summed E-state index contributed by atoms with van der Waals surface area (Å²) in [5.41, 5.74) is 3.70. The highest BCUT2D eigenvalue weighted by molar-refractivity contribution is 5.99. The second kappa shape index (κ2) is 7.21. The van der Waals surface area contributed by atoms with Gasteiger partial charge in [-0.15, -0.1) is 0 Å². The minimum atomic E-state index is 0.0309. The maximum absolute atomic E-state index is 11.9. The maximum atomic E-state index is 11.9. The van der Waals surface area contributed by atoms with E-state index in [2.05, 4.69) is 28.7 Å². The lowest BCUT2D eigenvalue weighted by atomic mass is 9.87. The van der Waals surface area contributed by atoms with Crippen molar-refractivity contribution in [3.05, 3.63) is 48.0 Å². The highest BCUT2D eigenvalue weighted by atomic mass is 16.2. The third kappa shape index (κ3) is 3.73. The summed E-state index contributed by atoms with van der Waals surface area (Å²) in [6.45, 7) is 0. The standard InChI is InChI=1S/C19H22N2O/c22-19(13-15-7-2-1-3-8-15)21-20-14-17-11-6-10-16-9-4-5-12-18(16)17/h4-6,9-12,14-15H,1-3,7-8,13H2,(H,21,22)/b20-14-. The van der Waals surface area contributed by atoms with E-state index in [9.17, 15) is 4.79 Å². The van der Waals surface area contributed by atoms with Crippen LogP contribution in [0, 0.1) is 5.92 Å². The summed E-state index contributed by atoms with van der Waals surface area (Å²) in [5, 5.41) is 6.46. The molecule has 2 aromatic rings. The Morgan fingerprint density at radius 1 is 1.09 bits per heavy atom. The van der Waals surface area contributed by atoms with Crippen LogP contribution in [0.25, 0.3) is 10.8 Å². The van der Waals surface area contributed by atoms with E-state index < -0.39 is 0 Å².